The Labute approximate surface area is 172 Å². The van der Waals surface area contributed by atoms with Gasteiger partial charge in [0.05, 0.1) is 10.1 Å². The Hall–Kier alpha value is -2.12. The number of carbonyl (C=O) groups excluding carboxylic acids is 1. The first-order valence-corrected chi connectivity index (χ1v) is 11.5. The number of nitrogens with one attached hydrogen (secondary N) is 1. The van der Waals surface area contributed by atoms with Crippen LogP contribution in [0.15, 0.2) is 40.9 Å². The highest BCUT2D eigenvalue weighted by molar-refractivity contribution is 8.00. The van der Waals surface area contributed by atoms with Crippen molar-refractivity contribution in [3.63, 3.8) is 0 Å². The predicted molar refractivity (Wildman–Crippen MR) is 114 cm³/mol. The number of nitrogens with zero attached hydrogens (tertiary/aromatic N) is 3. The minimum Gasteiger partial charge on any atom is -0.325 e. The summed E-state index contributed by atoms with van der Waals surface area (Å²) in [6, 6.07) is 10.9. The normalized spacial score (nSPS) is 16.8. The molecule has 0 saturated heterocycles. The Kier molecular flexibility index (Phi) is 4.72. The van der Waals surface area contributed by atoms with Gasteiger partial charge in [0.2, 0.25) is 5.91 Å². The van der Waals surface area contributed by atoms with Gasteiger partial charge in [0.15, 0.2) is 11.0 Å². The topological polar surface area (TPSA) is 59.8 Å². The summed E-state index contributed by atoms with van der Waals surface area (Å²) in [6.45, 7) is 1.93. The van der Waals surface area contributed by atoms with Crippen LogP contribution in [0, 0.1) is 0 Å². The zero-order chi connectivity index (χ0) is 19.1. The molecule has 5 nitrogen and oxygen atoms in total. The average molecular weight is 411 g/mol. The standard InChI is InChI=1S/C21H22N4OS2/c1-13(20(26)22-16-8-7-14-4-2-5-15(14)12-16)28-21-24-23-19(18-6-3-11-27-18)25(21)17-9-10-17/h3,6-8,11-13,17H,2,4-5,9-10H2,1H3,(H,22,26). The van der Waals surface area contributed by atoms with E-state index in [9.17, 15) is 4.79 Å². The van der Waals surface area contributed by atoms with Gasteiger partial charge in [0.1, 0.15) is 0 Å². The number of aromatic nitrogens is 3. The minimum absolute atomic E-state index is 0.00553. The van der Waals surface area contributed by atoms with Crippen molar-refractivity contribution in [2.24, 2.45) is 0 Å². The molecular weight excluding hydrogens is 388 g/mol. The van der Waals surface area contributed by atoms with E-state index in [1.807, 2.05) is 19.1 Å². The summed E-state index contributed by atoms with van der Waals surface area (Å²) in [6.07, 6.45) is 5.78. The van der Waals surface area contributed by atoms with Gasteiger partial charge < -0.3 is 5.32 Å². The first-order chi connectivity index (χ1) is 13.7. The number of rotatable bonds is 6. The molecule has 0 aliphatic heterocycles. The van der Waals surface area contributed by atoms with Crippen LogP contribution in [0.4, 0.5) is 5.69 Å². The van der Waals surface area contributed by atoms with Crippen LogP contribution in [-0.2, 0) is 17.6 Å². The zero-order valence-corrected chi connectivity index (χ0v) is 17.4. The lowest BCUT2D eigenvalue weighted by atomic mass is 10.1. The van der Waals surface area contributed by atoms with Gasteiger partial charge in [-0.05, 0) is 73.7 Å². The Balaban J connectivity index is 1.31. The lowest BCUT2D eigenvalue weighted by molar-refractivity contribution is -0.115. The fourth-order valence-corrected chi connectivity index (χ4v) is 5.32. The number of thioether (sulfide) groups is 1. The van der Waals surface area contributed by atoms with E-state index in [4.69, 9.17) is 0 Å². The smallest absolute Gasteiger partial charge is 0.237 e. The lowest BCUT2D eigenvalue weighted by Crippen LogP contribution is -2.23. The van der Waals surface area contributed by atoms with Crippen molar-refractivity contribution in [2.45, 2.75) is 55.5 Å². The second-order valence-corrected chi connectivity index (χ2v) is 9.73. The SMILES string of the molecule is CC(Sc1nnc(-c2cccs2)n1C1CC1)C(=O)Nc1ccc2c(c1)CCC2. The van der Waals surface area contributed by atoms with E-state index in [1.54, 1.807) is 11.3 Å². The molecule has 3 aromatic rings. The largest absolute Gasteiger partial charge is 0.325 e. The van der Waals surface area contributed by atoms with Gasteiger partial charge in [-0.2, -0.15) is 0 Å². The van der Waals surface area contributed by atoms with Crippen LogP contribution in [-0.4, -0.2) is 25.9 Å². The first kappa shape index (κ1) is 17.9. The molecule has 0 bridgehead atoms. The van der Waals surface area contributed by atoms with Crippen LogP contribution in [0.5, 0.6) is 0 Å². The van der Waals surface area contributed by atoms with Crippen LogP contribution in [0.2, 0.25) is 0 Å². The number of hydrogen-bond donors (Lipinski definition) is 1. The molecule has 7 heteroatoms. The molecule has 2 heterocycles. The molecule has 28 heavy (non-hydrogen) atoms. The van der Waals surface area contributed by atoms with Gasteiger partial charge >= 0.3 is 0 Å². The van der Waals surface area contributed by atoms with Crippen molar-refractivity contribution >= 4 is 34.7 Å². The van der Waals surface area contributed by atoms with Crippen molar-refractivity contribution in [1.82, 2.24) is 14.8 Å². The van der Waals surface area contributed by atoms with Crippen molar-refractivity contribution in [3.8, 4) is 10.7 Å². The first-order valence-electron chi connectivity index (χ1n) is 9.77. The molecule has 0 radical (unpaired) electrons. The number of hydrogen-bond acceptors (Lipinski definition) is 5. The van der Waals surface area contributed by atoms with Crippen molar-refractivity contribution in [1.29, 1.82) is 0 Å². The Morgan fingerprint density at radius 1 is 1.25 bits per heavy atom. The van der Waals surface area contributed by atoms with Gasteiger partial charge in [-0.1, -0.05) is 23.9 Å². The van der Waals surface area contributed by atoms with Crippen LogP contribution < -0.4 is 5.32 Å². The maximum atomic E-state index is 12.8. The summed E-state index contributed by atoms with van der Waals surface area (Å²) in [4.78, 5) is 13.9. The molecule has 1 fully saturated rings. The molecule has 2 aromatic heterocycles. The summed E-state index contributed by atoms with van der Waals surface area (Å²) in [5.41, 5.74) is 3.67. The third kappa shape index (κ3) is 3.49. The number of aryl methyl sites for hydroxylation is 2. The summed E-state index contributed by atoms with van der Waals surface area (Å²) < 4.78 is 2.22. The van der Waals surface area contributed by atoms with Crippen LogP contribution in [0.1, 0.15) is 43.4 Å². The molecule has 1 aromatic carbocycles. The highest BCUT2D eigenvalue weighted by Crippen LogP contribution is 2.42. The van der Waals surface area contributed by atoms with E-state index < -0.39 is 0 Å². The van der Waals surface area contributed by atoms with Gasteiger partial charge in [0, 0.05) is 11.7 Å². The molecule has 5 rings (SSSR count). The van der Waals surface area contributed by atoms with Crippen molar-refractivity contribution in [3.05, 3.63) is 46.8 Å². The van der Waals surface area contributed by atoms with Crippen molar-refractivity contribution in [2.75, 3.05) is 5.32 Å². The van der Waals surface area contributed by atoms with E-state index in [0.717, 1.165) is 47.2 Å². The van der Waals surface area contributed by atoms with Gasteiger partial charge in [-0.25, -0.2) is 0 Å². The summed E-state index contributed by atoms with van der Waals surface area (Å²) in [5, 5.41) is 14.6. The summed E-state index contributed by atoms with van der Waals surface area (Å²) in [7, 11) is 0. The summed E-state index contributed by atoms with van der Waals surface area (Å²) in [5.74, 6) is 0.928. The van der Waals surface area contributed by atoms with E-state index in [2.05, 4.69) is 43.7 Å². The molecule has 2 aliphatic rings. The predicted octanol–water partition coefficient (Wildman–Crippen LogP) is 4.95. The molecule has 1 unspecified atom stereocenters. The van der Waals surface area contributed by atoms with Crippen LogP contribution in [0.25, 0.3) is 10.7 Å². The Morgan fingerprint density at radius 3 is 2.89 bits per heavy atom. The van der Waals surface area contributed by atoms with E-state index in [0.29, 0.717) is 6.04 Å². The molecular formula is C21H22N4OS2. The number of carbonyl (C=O) groups is 1. The second kappa shape index (κ2) is 7.37. The molecule has 1 amide bonds. The number of amides is 1. The maximum absolute atomic E-state index is 12.8. The minimum atomic E-state index is -0.244. The Morgan fingerprint density at radius 2 is 2.11 bits per heavy atom. The summed E-state index contributed by atoms with van der Waals surface area (Å²) >= 11 is 3.16. The average Bonchev–Trinajstić information content (AvgIpc) is 3.11. The molecule has 1 atom stereocenters. The van der Waals surface area contributed by atoms with E-state index in [-0.39, 0.29) is 11.2 Å². The number of anilines is 1. The third-order valence-electron chi connectivity index (χ3n) is 5.34. The van der Waals surface area contributed by atoms with Crippen LogP contribution >= 0.6 is 23.1 Å². The van der Waals surface area contributed by atoms with Gasteiger partial charge in [-0.15, -0.1) is 21.5 Å². The van der Waals surface area contributed by atoms with Crippen LogP contribution in [0.3, 0.4) is 0 Å². The fraction of sp³-hybridized carbons (Fsp3) is 0.381. The van der Waals surface area contributed by atoms with Crippen molar-refractivity contribution < 1.29 is 4.79 Å². The quantitative estimate of drug-likeness (QED) is 0.584. The van der Waals surface area contributed by atoms with E-state index >= 15 is 0 Å². The maximum Gasteiger partial charge on any atom is 0.237 e. The molecule has 144 valence electrons. The van der Waals surface area contributed by atoms with Gasteiger partial charge in [-0.3, -0.25) is 9.36 Å². The zero-order valence-electron chi connectivity index (χ0n) is 15.7. The number of benzene rings is 1. The number of thiophene rings is 1. The molecule has 2 aliphatic carbocycles. The highest BCUT2D eigenvalue weighted by Gasteiger charge is 2.31. The molecule has 1 saturated carbocycles. The third-order valence-corrected chi connectivity index (χ3v) is 7.26. The monoisotopic (exact) mass is 410 g/mol. The fourth-order valence-electron chi connectivity index (χ4n) is 3.70. The molecule has 0 spiro atoms. The lowest BCUT2D eigenvalue weighted by Gasteiger charge is -2.14. The highest BCUT2D eigenvalue weighted by atomic mass is 32.2. The van der Waals surface area contributed by atoms with E-state index in [1.165, 1.54) is 29.3 Å². The number of fused-ring (bicyclic) bond motifs is 1. The second-order valence-electron chi connectivity index (χ2n) is 7.47. The molecule has 1 N–H and O–H groups in total. The van der Waals surface area contributed by atoms with Gasteiger partial charge in [0.25, 0.3) is 0 Å². The Bertz CT molecular complexity index is 1010.